The molecule has 0 unspecified atom stereocenters. The molecule has 0 amide bonds. The third kappa shape index (κ3) is 3.94. The molecule has 1 N–H and O–H groups in total. The summed E-state index contributed by atoms with van der Waals surface area (Å²) in [5.41, 5.74) is 5.68. The van der Waals surface area contributed by atoms with E-state index in [0.717, 1.165) is 27.6 Å². The molecule has 0 radical (unpaired) electrons. The number of pyridine rings is 1. The number of aromatic nitrogens is 1. The first-order chi connectivity index (χ1) is 14.3. The van der Waals surface area contributed by atoms with Gasteiger partial charge in [-0.05, 0) is 50.6 Å². The Morgan fingerprint density at radius 3 is 2.07 bits per heavy atom. The van der Waals surface area contributed by atoms with Crippen LogP contribution in [0.15, 0.2) is 82.7 Å². The van der Waals surface area contributed by atoms with Gasteiger partial charge in [0.05, 0.1) is 16.1 Å². The highest BCUT2D eigenvalue weighted by atomic mass is 32.2. The highest BCUT2D eigenvalue weighted by molar-refractivity contribution is 7.91. The van der Waals surface area contributed by atoms with Crippen LogP contribution in [0.3, 0.4) is 0 Å². The molecule has 4 nitrogen and oxygen atoms in total. The van der Waals surface area contributed by atoms with Crippen LogP contribution in [0.2, 0.25) is 0 Å². The van der Waals surface area contributed by atoms with Crippen molar-refractivity contribution in [1.82, 2.24) is 4.98 Å². The summed E-state index contributed by atoms with van der Waals surface area (Å²) in [4.78, 5) is 4.90. The van der Waals surface area contributed by atoms with Gasteiger partial charge in [0.25, 0.3) is 0 Å². The van der Waals surface area contributed by atoms with Crippen molar-refractivity contribution in [3.8, 4) is 0 Å². The standard InChI is InChI=1S/C25H24N2O2S/c1-17-4-9-20(10-5-17)15-27-25-22-14-19(3)8-13-23(22)26-16-24(25)30(28,29)21-11-6-18(2)7-12-21/h4-14,16H,15H2,1-3H3,(H,26,27). The minimum atomic E-state index is -3.73. The number of nitrogens with zero attached hydrogens (tertiary/aromatic N) is 1. The van der Waals surface area contributed by atoms with E-state index in [2.05, 4.69) is 22.4 Å². The molecule has 0 spiro atoms. The average Bonchev–Trinajstić information content (AvgIpc) is 2.73. The number of hydrogen-bond acceptors (Lipinski definition) is 4. The predicted octanol–water partition coefficient (Wildman–Crippen LogP) is 5.60. The van der Waals surface area contributed by atoms with E-state index in [1.807, 2.05) is 63.2 Å². The average molecular weight is 417 g/mol. The first kappa shape index (κ1) is 20.1. The van der Waals surface area contributed by atoms with Gasteiger partial charge in [0.2, 0.25) is 9.84 Å². The van der Waals surface area contributed by atoms with Gasteiger partial charge in [-0.15, -0.1) is 0 Å². The predicted molar refractivity (Wildman–Crippen MR) is 122 cm³/mol. The molecule has 0 aliphatic rings. The SMILES string of the molecule is Cc1ccc(CNc2c(S(=O)(=O)c3ccc(C)cc3)cnc3ccc(C)cc23)cc1. The number of benzene rings is 3. The lowest BCUT2D eigenvalue weighted by molar-refractivity contribution is 0.596. The molecule has 4 rings (SSSR count). The van der Waals surface area contributed by atoms with Crippen LogP contribution in [0.1, 0.15) is 22.3 Å². The lowest BCUT2D eigenvalue weighted by atomic mass is 10.1. The Morgan fingerprint density at radius 2 is 1.40 bits per heavy atom. The summed E-state index contributed by atoms with van der Waals surface area (Å²) in [6, 6.07) is 21.0. The minimum Gasteiger partial charge on any atom is -0.379 e. The van der Waals surface area contributed by atoms with E-state index in [9.17, 15) is 8.42 Å². The number of rotatable bonds is 5. The van der Waals surface area contributed by atoms with E-state index >= 15 is 0 Å². The molecule has 1 heterocycles. The monoisotopic (exact) mass is 416 g/mol. The second kappa shape index (κ2) is 7.92. The molecule has 152 valence electrons. The topological polar surface area (TPSA) is 59.1 Å². The van der Waals surface area contributed by atoms with Crippen LogP contribution in [0.4, 0.5) is 5.69 Å². The zero-order valence-electron chi connectivity index (χ0n) is 17.3. The Morgan fingerprint density at radius 1 is 0.800 bits per heavy atom. The summed E-state index contributed by atoms with van der Waals surface area (Å²) in [5.74, 6) is 0. The van der Waals surface area contributed by atoms with E-state index in [-0.39, 0.29) is 9.79 Å². The smallest absolute Gasteiger partial charge is 0.210 e. The van der Waals surface area contributed by atoms with Crippen molar-refractivity contribution in [3.63, 3.8) is 0 Å². The van der Waals surface area contributed by atoms with Gasteiger partial charge in [0.1, 0.15) is 4.90 Å². The number of nitrogens with one attached hydrogen (secondary N) is 1. The molecule has 0 aliphatic heterocycles. The fraction of sp³-hybridized carbons (Fsp3) is 0.160. The van der Waals surface area contributed by atoms with Crippen molar-refractivity contribution in [2.45, 2.75) is 37.1 Å². The summed E-state index contributed by atoms with van der Waals surface area (Å²) in [5, 5.41) is 4.19. The van der Waals surface area contributed by atoms with Crippen molar-refractivity contribution in [2.75, 3.05) is 5.32 Å². The van der Waals surface area contributed by atoms with Gasteiger partial charge < -0.3 is 5.32 Å². The van der Waals surface area contributed by atoms with Gasteiger partial charge in [-0.25, -0.2) is 8.42 Å². The highest BCUT2D eigenvalue weighted by Crippen LogP contribution is 2.34. The van der Waals surface area contributed by atoms with Gasteiger partial charge in [0, 0.05) is 18.1 Å². The lowest BCUT2D eigenvalue weighted by Crippen LogP contribution is -2.10. The van der Waals surface area contributed by atoms with Gasteiger partial charge in [-0.3, -0.25) is 4.98 Å². The third-order valence-electron chi connectivity index (χ3n) is 5.20. The summed E-state index contributed by atoms with van der Waals surface area (Å²) >= 11 is 0. The van der Waals surface area contributed by atoms with Crippen LogP contribution in [-0.2, 0) is 16.4 Å². The molecule has 0 fully saturated rings. The van der Waals surface area contributed by atoms with Crippen molar-refractivity contribution in [3.05, 3.63) is 95.2 Å². The van der Waals surface area contributed by atoms with Crippen LogP contribution in [0.25, 0.3) is 10.9 Å². The summed E-state index contributed by atoms with van der Waals surface area (Å²) in [6.45, 7) is 6.49. The zero-order valence-corrected chi connectivity index (χ0v) is 18.1. The summed E-state index contributed by atoms with van der Waals surface area (Å²) in [7, 11) is -3.73. The zero-order chi connectivity index (χ0) is 21.3. The molecular formula is C25H24N2O2S. The normalized spacial score (nSPS) is 11.6. The van der Waals surface area contributed by atoms with Crippen molar-refractivity contribution in [1.29, 1.82) is 0 Å². The largest absolute Gasteiger partial charge is 0.379 e. The van der Waals surface area contributed by atoms with Crippen molar-refractivity contribution in [2.24, 2.45) is 0 Å². The second-order valence-corrected chi connectivity index (χ2v) is 9.59. The summed E-state index contributed by atoms with van der Waals surface area (Å²) < 4.78 is 26.9. The Labute approximate surface area is 177 Å². The molecule has 30 heavy (non-hydrogen) atoms. The fourth-order valence-corrected chi connectivity index (χ4v) is 4.81. The van der Waals surface area contributed by atoms with Crippen molar-refractivity contribution < 1.29 is 8.42 Å². The van der Waals surface area contributed by atoms with Crippen LogP contribution in [0.5, 0.6) is 0 Å². The maximum Gasteiger partial charge on any atom is 0.210 e. The molecule has 0 saturated heterocycles. The minimum absolute atomic E-state index is 0.191. The van der Waals surface area contributed by atoms with Crippen LogP contribution >= 0.6 is 0 Å². The molecule has 0 saturated carbocycles. The molecule has 5 heteroatoms. The molecule has 0 atom stereocenters. The maximum atomic E-state index is 13.5. The fourth-order valence-electron chi connectivity index (χ4n) is 3.42. The Balaban J connectivity index is 1.85. The van der Waals surface area contributed by atoms with Crippen molar-refractivity contribution >= 4 is 26.4 Å². The Kier molecular flexibility index (Phi) is 5.31. The van der Waals surface area contributed by atoms with E-state index in [4.69, 9.17) is 0 Å². The maximum absolute atomic E-state index is 13.5. The van der Waals surface area contributed by atoms with Gasteiger partial charge in [0.15, 0.2) is 0 Å². The number of hydrogen-bond donors (Lipinski definition) is 1. The lowest BCUT2D eigenvalue weighted by Gasteiger charge is -2.16. The molecular weight excluding hydrogens is 392 g/mol. The Hall–Kier alpha value is -3.18. The quantitative estimate of drug-likeness (QED) is 0.460. The van der Waals surface area contributed by atoms with Crippen LogP contribution in [0, 0.1) is 20.8 Å². The Bertz CT molecular complexity index is 1310. The first-order valence-corrected chi connectivity index (χ1v) is 11.3. The highest BCUT2D eigenvalue weighted by Gasteiger charge is 2.24. The molecule has 3 aromatic carbocycles. The van der Waals surface area contributed by atoms with E-state index in [0.29, 0.717) is 12.2 Å². The van der Waals surface area contributed by atoms with Crippen LogP contribution in [-0.4, -0.2) is 13.4 Å². The van der Waals surface area contributed by atoms with Gasteiger partial charge >= 0.3 is 0 Å². The van der Waals surface area contributed by atoms with Gasteiger partial charge in [-0.2, -0.15) is 0 Å². The second-order valence-electron chi connectivity index (χ2n) is 7.67. The molecule has 0 aliphatic carbocycles. The molecule has 1 aromatic heterocycles. The third-order valence-corrected chi connectivity index (χ3v) is 6.98. The number of sulfone groups is 1. The van der Waals surface area contributed by atoms with E-state index in [1.165, 1.54) is 11.8 Å². The number of fused-ring (bicyclic) bond motifs is 1. The first-order valence-electron chi connectivity index (χ1n) is 9.85. The molecule has 4 aromatic rings. The number of aryl methyl sites for hydroxylation is 3. The van der Waals surface area contributed by atoms with E-state index < -0.39 is 9.84 Å². The van der Waals surface area contributed by atoms with Crippen LogP contribution < -0.4 is 5.32 Å². The van der Waals surface area contributed by atoms with E-state index in [1.54, 1.807) is 12.1 Å². The number of anilines is 1. The summed E-state index contributed by atoms with van der Waals surface area (Å²) in [6.07, 6.45) is 1.46. The van der Waals surface area contributed by atoms with Gasteiger partial charge in [-0.1, -0.05) is 59.2 Å². The molecule has 0 bridgehead atoms.